The van der Waals surface area contributed by atoms with Crippen LogP contribution in [0.25, 0.3) is 0 Å². The van der Waals surface area contributed by atoms with E-state index in [0.717, 1.165) is 0 Å². The summed E-state index contributed by atoms with van der Waals surface area (Å²) in [7, 11) is 0. The van der Waals surface area contributed by atoms with Crippen molar-refractivity contribution in [1.82, 2.24) is 0 Å². The maximum Gasteiger partial charge on any atom is 0.187 e. The van der Waals surface area contributed by atoms with Crippen LogP contribution < -0.4 is 0 Å². The molecule has 18 heterocycles. The Labute approximate surface area is 497 Å². The molecule has 16 bridgehead atoms. The Kier molecular flexibility index (Phi) is 24.1. The van der Waals surface area contributed by atoms with Crippen LogP contribution in [0.2, 0.25) is 0 Å². The zero-order valence-electron chi connectivity index (χ0n) is 46.3. The summed E-state index contributed by atoms with van der Waals surface area (Å²) in [5.74, 6) is -1.28. The van der Waals surface area contributed by atoms with Crippen molar-refractivity contribution in [3.05, 3.63) is 0 Å². The van der Waals surface area contributed by atoms with E-state index in [1.807, 2.05) is 0 Å². The molecule has 88 heavy (non-hydrogen) atoms. The van der Waals surface area contributed by atoms with Crippen molar-refractivity contribution in [2.45, 2.75) is 246 Å². The first kappa shape index (κ1) is 70.7. The van der Waals surface area contributed by atoms with Crippen LogP contribution in [0.3, 0.4) is 0 Å². The summed E-state index contributed by atoms with van der Waals surface area (Å²) in [6.07, 6.45) is -79.1. The van der Waals surface area contributed by atoms with Gasteiger partial charge in [0.25, 0.3) is 0 Å². The van der Waals surface area contributed by atoms with Crippen molar-refractivity contribution in [2.24, 2.45) is 5.92 Å². The van der Waals surface area contributed by atoms with E-state index in [1.54, 1.807) is 0 Å². The van der Waals surface area contributed by atoms with Crippen molar-refractivity contribution in [3.63, 3.8) is 0 Å². The molecule has 0 radical (unpaired) electrons. The van der Waals surface area contributed by atoms with E-state index in [4.69, 9.17) is 71.1 Å². The van der Waals surface area contributed by atoms with Gasteiger partial charge in [0.05, 0.1) is 58.5 Å². The smallest absolute Gasteiger partial charge is 0.187 e. The Hall–Kier alpha value is -1.56. The summed E-state index contributed by atoms with van der Waals surface area (Å²) >= 11 is 0. The lowest BCUT2D eigenvalue weighted by Gasteiger charge is -2.50. The quantitative estimate of drug-likeness (QED) is 0.107. The van der Waals surface area contributed by atoms with Gasteiger partial charge in [-0.2, -0.15) is 0 Å². The zero-order chi connectivity index (χ0) is 64.1. The lowest BCUT2D eigenvalue weighted by molar-refractivity contribution is -0.398. The van der Waals surface area contributed by atoms with E-state index in [0.29, 0.717) is 0 Å². The van der Waals surface area contributed by atoms with Crippen LogP contribution in [-0.2, 0) is 71.1 Å². The topological polar surface area (TPSA) is 624 Å². The molecule has 1 aliphatic carbocycles. The number of rotatable bonds is 8. The minimum atomic E-state index is -2.26. The van der Waals surface area contributed by atoms with Gasteiger partial charge in [-0.1, -0.05) is 0 Å². The predicted molar refractivity (Wildman–Crippen MR) is 264 cm³/mol. The average molecular weight is 1300 g/mol. The molecule has 39 heteroatoms. The molecular weight excluding hydrogens is 1210 g/mol. The molecule has 1 saturated carbocycles. The van der Waals surface area contributed by atoms with Crippen molar-refractivity contribution in [1.29, 1.82) is 0 Å². The first-order chi connectivity index (χ1) is 41.9. The number of aliphatic hydroxyl groups excluding tert-OH is 24. The lowest BCUT2D eigenvalue weighted by Crippen LogP contribution is -2.68. The summed E-state index contributed by atoms with van der Waals surface area (Å²) < 4.78 is 86.0. The Balaban J connectivity index is 0.990. The number of hydrogen-bond acceptors (Lipinski definition) is 39. The van der Waals surface area contributed by atoms with Gasteiger partial charge in [-0.15, -0.1) is 0 Å². The van der Waals surface area contributed by atoms with Crippen LogP contribution in [0.1, 0.15) is 6.42 Å². The summed E-state index contributed by atoms with van der Waals surface area (Å²) in [6, 6.07) is 0. The minimum absolute atomic E-state index is 0.475. The normalized spacial score (nSPS) is 55.4. The first-order valence-electron chi connectivity index (χ1n) is 28.5. The van der Waals surface area contributed by atoms with Crippen molar-refractivity contribution < 1.29 is 194 Å². The van der Waals surface area contributed by atoms with Gasteiger partial charge < -0.3 is 194 Å². The van der Waals surface area contributed by atoms with Crippen molar-refractivity contribution in [3.8, 4) is 0 Å². The van der Waals surface area contributed by atoms with E-state index in [1.165, 1.54) is 0 Å². The molecule has 24 N–H and O–H groups in total. The standard InChI is InChI=1S/C49H82O39/c50-2-10-1-11-19(58)21(60)35(10)82-43-29(68)23(62)37(14(5-53)77-43)83-44-30(69)24(63)38(15(6-54)78-44)84-45-31(70)25(64)39(16(7-55)79-45)85-46-32(71)26(65)40(17(8-56)80-46)86-47-33(72)27(66)41(18(9-57)81-47)87-49-34(73)42(20(59)12(3-51)75-49)88-48-28(67)22(61)36(74-11)13(4-52)76-48/h10-73H,1-9H2/t10?,11-,12?,13?,14?,15?,16?,17?,18?,19?,20+,21+,22+,23+,24+,25+,26+,27+,28?,29?,30?,31?,32?,33?,34?,35+,36+,37+,38+,39+,40+,41+,42-,43-,44+,45+,46+,47+,48+,49-/m0/s1. The Bertz CT molecular complexity index is 2140. The van der Waals surface area contributed by atoms with Gasteiger partial charge in [-0.3, -0.25) is 0 Å². The van der Waals surface area contributed by atoms with Gasteiger partial charge in [0, 0.05) is 12.5 Å². The third-order valence-corrected chi connectivity index (χ3v) is 17.4. The second-order valence-electron chi connectivity index (χ2n) is 23.0. The van der Waals surface area contributed by atoms with Gasteiger partial charge in [0.1, 0.15) is 183 Å². The molecule has 0 aromatic rings. The zero-order valence-corrected chi connectivity index (χ0v) is 46.3. The van der Waals surface area contributed by atoms with Crippen LogP contribution in [-0.4, -0.2) is 415 Å². The fraction of sp³-hybridized carbons (Fsp3) is 1.00. The van der Waals surface area contributed by atoms with Crippen molar-refractivity contribution >= 4 is 0 Å². The average Bonchev–Trinajstić information content (AvgIpc) is 1.70. The molecule has 19 rings (SSSR count). The van der Waals surface area contributed by atoms with Crippen LogP contribution in [0, 0.1) is 5.92 Å². The molecule has 18 saturated heterocycles. The SMILES string of the molecule is OCC1O[C@H]2O[C@@H]3C(CO)O[C@H](O[C@@H]4C(CO)O[C@H](O[C@@H]5C(CO)O[C@H](O[C@@H]6C(CO)O[C@H](O[C@@H]7C(CO)O[C@@H](O[C@@H]8C(CO)C[C@H](O[C@@H]9C(CO)O[C@H](O[C@H](C2O)[C@@H]1O)C(O)[C@H]9O)C(O)[C@H]8O)C(O)[C@H]7O)C(O)[C@H]6O)C(O)[C@H]5O)C(O)[C@H]4O)C(O)[C@H]3O. The molecule has 40 atom stereocenters. The van der Waals surface area contributed by atoms with Gasteiger partial charge >= 0.3 is 0 Å². The fourth-order valence-electron chi connectivity index (χ4n) is 12.4. The lowest BCUT2D eigenvalue weighted by atomic mass is 9.80. The van der Waals surface area contributed by atoms with E-state index in [-0.39, 0.29) is 0 Å². The molecular formula is C49H82O39. The maximum absolute atomic E-state index is 11.6. The summed E-state index contributed by atoms with van der Waals surface area (Å²) in [6.45, 7) is -8.32. The van der Waals surface area contributed by atoms with Gasteiger partial charge in [-0.05, 0) is 6.42 Å². The molecule has 0 aromatic carbocycles. The van der Waals surface area contributed by atoms with Crippen LogP contribution in [0.15, 0.2) is 0 Å². The molecule has 0 amide bonds. The highest BCUT2D eigenvalue weighted by atomic mass is 16.8. The largest absolute Gasteiger partial charge is 0.396 e. The van der Waals surface area contributed by atoms with Crippen LogP contribution >= 0.6 is 0 Å². The van der Waals surface area contributed by atoms with Gasteiger partial charge in [0.15, 0.2) is 44.0 Å². The highest BCUT2D eigenvalue weighted by Gasteiger charge is 2.60. The minimum Gasteiger partial charge on any atom is -0.396 e. The number of aliphatic hydroxyl groups is 24. The Morgan fingerprint density at radius 3 is 0.659 bits per heavy atom. The van der Waals surface area contributed by atoms with Gasteiger partial charge in [0.2, 0.25) is 0 Å². The number of fused-ring (bicyclic) bond motifs is 1. The summed E-state index contributed by atoms with van der Waals surface area (Å²) in [4.78, 5) is 0. The third-order valence-electron chi connectivity index (χ3n) is 17.4. The molecule has 19 aliphatic rings. The molecule has 512 valence electrons. The van der Waals surface area contributed by atoms with E-state index in [9.17, 15) is 123 Å². The predicted octanol–water partition coefficient (Wildman–Crippen LogP) is -16.7. The maximum atomic E-state index is 11.6. The number of ether oxygens (including phenoxy) is 15. The Morgan fingerprint density at radius 2 is 0.398 bits per heavy atom. The highest BCUT2D eigenvalue weighted by molar-refractivity contribution is 5.03. The van der Waals surface area contributed by atoms with E-state index < -0.39 is 305 Å². The fourth-order valence-corrected chi connectivity index (χ4v) is 12.4. The van der Waals surface area contributed by atoms with E-state index in [2.05, 4.69) is 0 Å². The highest BCUT2D eigenvalue weighted by Crippen LogP contribution is 2.40. The second-order valence-corrected chi connectivity index (χ2v) is 23.0. The van der Waals surface area contributed by atoms with Crippen LogP contribution in [0.5, 0.6) is 0 Å². The molecule has 0 aromatic heterocycles. The molecule has 19 fully saturated rings. The van der Waals surface area contributed by atoms with E-state index >= 15 is 0 Å². The summed E-state index contributed by atoms with van der Waals surface area (Å²) in [5.41, 5.74) is 0. The molecule has 0 spiro atoms. The monoisotopic (exact) mass is 1290 g/mol. The molecule has 18 aliphatic heterocycles. The third kappa shape index (κ3) is 13.8. The first-order valence-corrected chi connectivity index (χ1v) is 28.5. The van der Waals surface area contributed by atoms with Crippen molar-refractivity contribution in [2.75, 3.05) is 52.9 Å². The Morgan fingerprint density at radius 1 is 0.182 bits per heavy atom. The van der Waals surface area contributed by atoms with Crippen LogP contribution in [0.4, 0.5) is 0 Å². The molecule has 39 nitrogen and oxygen atoms in total. The van der Waals surface area contributed by atoms with Gasteiger partial charge in [-0.25, -0.2) is 0 Å². The number of hydrogen-bond donors (Lipinski definition) is 24. The second kappa shape index (κ2) is 30.0. The molecule has 16 unspecified atom stereocenters. The summed E-state index contributed by atoms with van der Waals surface area (Å²) in [5, 5.41) is 266.